The zero-order chi connectivity index (χ0) is 27.2. The van der Waals surface area contributed by atoms with Gasteiger partial charge in [0.2, 0.25) is 5.91 Å². The Morgan fingerprint density at radius 3 is 1.76 bits per heavy atom. The first-order valence-electron chi connectivity index (χ1n) is 12.5. The van der Waals surface area contributed by atoms with Gasteiger partial charge in [-0.3, -0.25) is 14.9 Å². The van der Waals surface area contributed by atoms with Gasteiger partial charge in [-0.2, -0.15) is 0 Å². The minimum Gasteiger partial charge on any atom is -0.468 e. The molecular weight excluding hydrogens is 483 g/mol. The molecule has 2 N–H and O–H groups in total. The number of nitrogens with one attached hydrogen (secondary N) is 2. The third-order valence-corrected chi connectivity index (χ3v) is 9.19. The molecule has 0 spiro atoms. The van der Waals surface area contributed by atoms with Crippen molar-refractivity contribution in [1.29, 1.82) is 0 Å². The second-order valence-electron chi connectivity index (χ2n) is 10.4. The molecule has 3 aromatic rings. The number of hydrogen-bond acceptors (Lipinski definition) is 5. The summed E-state index contributed by atoms with van der Waals surface area (Å²) in [5.41, 5.74) is 0.0301. The molecular formula is C30H37N2O4P. The molecule has 0 heterocycles. The van der Waals surface area contributed by atoms with E-state index in [1.54, 1.807) is 0 Å². The van der Waals surface area contributed by atoms with Crippen molar-refractivity contribution in [3.05, 3.63) is 90.5 Å². The van der Waals surface area contributed by atoms with E-state index >= 15 is 4.57 Å². The highest BCUT2D eigenvalue weighted by Gasteiger charge is 2.38. The lowest BCUT2D eigenvalue weighted by Gasteiger charge is -2.32. The lowest BCUT2D eigenvalue weighted by molar-refractivity contribution is -0.144. The molecule has 0 saturated carbocycles. The second kappa shape index (κ2) is 11.9. The van der Waals surface area contributed by atoms with Crippen molar-refractivity contribution in [3.8, 4) is 0 Å². The molecule has 0 aliphatic heterocycles. The molecule has 3 rings (SSSR count). The zero-order valence-electron chi connectivity index (χ0n) is 22.4. The molecule has 1 amide bonds. The van der Waals surface area contributed by atoms with Crippen LogP contribution in [0.2, 0.25) is 0 Å². The lowest BCUT2D eigenvalue weighted by atomic mass is 9.98. The number of methoxy groups -OCH3 is 1. The molecule has 0 aromatic heterocycles. The van der Waals surface area contributed by atoms with E-state index in [0.29, 0.717) is 21.5 Å². The highest BCUT2D eigenvalue weighted by molar-refractivity contribution is 7.85. The Morgan fingerprint density at radius 1 is 0.811 bits per heavy atom. The van der Waals surface area contributed by atoms with Gasteiger partial charge in [0.05, 0.1) is 7.11 Å². The van der Waals surface area contributed by atoms with Crippen LogP contribution in [-0.2, 0) is 18.9 Å². The highest BCUT2D eigenvalue weighted by atomic mass is 31.2. The van der Waals surface area contributed by atoms with Gasteiger partial charge < -0.3 is 14.6 Å². The number of hydrogen-bond donors (Lipinski definition) is 2. The molecule has 0 saturated heterocycles. The van der Waals surface area contributed by atoms with Gasteiger partial charge in [0.15, 0.2) is 7.14 Å². The van der Waals surface area contributed by atoms with E-state index in [9.17, 15) is 9.59 Å². The Labute approximate surface area is 220 Å². The van der Waals surface area contributed by atoms with Gasteiger partial charge in [0.25, 0.3) is 0 Å². The summed E-state index contributed by atoms with van der Waals surface area (Å²) >= 11 is 0. The first-order chi connectivity index (χ1) is 17.5. The lowest BCUT2D eigenvalue weighted by Crippen LogP contribution is -2.52. The summed E-state index contributed by atoms with van der Waals surface area (Å²) in [6.45, 7) is 9.46. The van der Waals surface area contributed by atoms with Crippen LogP contribution < -0.4 is 26.5 Å². The molecule has 196 valence electrons. The Balaban J connectivity index is 2.28. The Kier molecular flexibility index (Phi) is 9.12. The predicted octanol–water partition coefficient (Wildman–Crippen LogP) is 4.07. The monoisotopic (exact) mass is 520 g/mol. The van der Waals surface area contributed by atoms with Crippen molar-refractivity contribution in [2.45, 2.75) is 52.2 Å². The van der Waals surface area contributed by atoms with E-state index in [1.807, 2.05) is 120 Å². The van der Waals surface area contributed by atoms with E-state index in [4.69, 9.17) is 4.74 Å². The molecule has 3 aromatic carbocycles. The minimum atomic E-state index is -3.39. The number of rotatable bonds is 9. The maximum absolute atomic E-state index is 15.2. The summed E-state index contributed by atoms with van der Waals surface area (Å²) in [5, 5.41) is 8.16. The van der Waals surface area contributed by atoms with Crippen molar-refractivity contribution in [3.63, 3.8) is 0 Å². The van der Waals surface area contributed by atoms with Crippen LogP contribution in [0, 0.1) is 5.92 Å². The fourth-order valence-electron chi connectivity index (χ4n) is 4.31. The number of amides is 1. The van der Waals surface area contributed by atoms with Gasteiger partial charge in [-0.15, -0.1) is 0 Å². The first-order valence-corrected chi connectivity index (χ1v) is 14.2. The van der Waals surface area contributed by atoms with Gasteiger partial charge in [-0.25, -0.2) is 0 Å². The van der Waals surface area contributed by atoms with E-state index in [0.717, 1.165) is 0 Å². The summed E-state index contributed by atoms with van der Waals surface area (Å²) < 4.78 is 20.2. The van der Waals surface area contributed by atoms with Crippen LogP contribution >= 0.6 is 7.14 Å². The predicted molar refractivity (Wildman–Crippen MR) is 150 cm³/mol. The standard InChI is InChI=1S/C30H37N2O4P/c1-21(2)26(29(34)36-6)31-27(28(33)32-30(3,4)5)24-19-13-14-20-25(24)37(35,22-15-9-7-10-16-22)23-17-11-8-12-18-23/h7-21,26-27,31H,1-6H3,(H,32,33)/t26-,27+/m0/s1. The van der Waals surface area contributed by atoms with Crippen molar-refractivity contribution in [2.75, 3.05) is 7.11 Å². The van der Waals surface area contributed by atoms with E-state index in [-0.39, 0.29) is 11.8 Å². The van der Waals surface area contributed by atoms with Crippen LogP contribution in [0.15, 0.2) is 84.9 Å². The largest absolute Gasteiger partial charge is 0.468 e. The molecule has 6 nitrogen and oxygen atoms in total. The molecule has 0 radical (unpaired) electrons. The Hall–Kier alpha value is -3.21. The van der Waals surface area contributed by atoms with Crippen molar-refractivity contribution in [1.82, 2.24) is 10.6 Å². The molecule has 0 fully saturated rings. The van der Waals surface area contributed by atoms with Crippen molar-refractivity contribution >= 4 is 34.9 Å². The van der Waals surface area contributed by atoms with Crippen molar-refractivity contribution < 1.29 is 18.9 Å². The Bertz CT molecular complexity index is 1210. The average Bonchev–Trinajstić information content (AvgIpc) is 2.88. The SMILES string of the molecule is COC(=O)[C@@H](N[C@@H](C(=O)NC(C)(C)C)c1ccccc1P(=O)(c1ccccc1)c1ccccc1)C(C)C. The molecule has 0 unspecified atom stereocenters. The summed E-state index contributed by atoms with van der Waals surface area (Å²) in [5.74, 6) is -0.933. The summed E-state index contributed by atoms with van der Waals surface area (Å²) in [7, 11) is -2.06. The van der Waals surface area contributed by atoms with Gasteiger partial charge in [0, 0.05) is 21.5 Å². The molecule has 2 atom stereocenters. The molecule has 37 heavy (non-hydrogen) atoms. The highest BCUT2D eigenvalue weighted by Crippen LogP contribution is 2.44. The van der Waals surface area contributed by atoms with Crippen LogP contribution in [0.3, 0.4) is 0 Å². The van der Waals surface area contributed by atoms with Crippen LogP contribution in [0.4, 0.5) is 0 Å². The maximum atomic E-state index is 15.2. The van der Waals surface area contributed by atoms with Gasteiger partial charge in [0.1, 0.15) is 12.1 Å². The number of benzene rings is 3. The second-order valence-corrected chi connectivity index (χ2v) is 13.2. The minimum absolute atomic E-state index is 0.153. The normalized spacial score (nSPS) is 13.6. The van der Waals surface area contributed by atoms with E-state index < -0.39 is 30.7 Å². The van der Waals surface area contributed by atoms with Gasteiger partial charge >= 0.3 is 5.97 Å². The Morgan fingerprint density at radius 2 is 1.30 bits per heavy atom. The smallest absolute Gasteiger partial charge is 0.323 e. The van der Waals surface area contributed by atoms with E-state index in [1.165, 1.54) is 7.11 Å². The van der Waals surface area contributed by atoms with E-state index in [2.05, 4.69) is 10.6 Å². The van der Waals surface area contributed by atoms with Crippen LogP contribution in [0.25, 0.3) is 0 Å². The molecule has 7 heteroatoms. The van der Waals surface area contributed by atoms with Gasteiger partial charge in [-0.1, -0.05) is 98.8 Å². The van der Waals surface area contributed by atoms with Crippen LogP contribution in [0.1, 0.15) is 46.2 Å². The van der Waals surface area contributed by atoms with Crippen LogP contribution in [0.5, 0.6) is 0 Å². The first kappa shape index (κ1) is 28.4. The van der Waals surface area contributed by atoms with Gasteiger partial charge in [-0.05, 0) is 32.3 Å². The third kappa shape index (κ3) is 6.57. The zero-order valence-corrected chi connectivity index (χ0v) is 23.3. The topological polar surface area (TPSA) is 84.5 Å². The average molecular weight is 521 g/mol. The fourth-order valence-corrected chi connectivity index (χ4v) is 7.21. The number of carbonyl (C=O) groups is 2. The fraction of sp³-hybridized carbons (Fsp3) is 0.333. The molecule has 0 bridgehead atoms. The maximum Gasteiger partial charge on any atom is 0.323 e. The molecule has 0 aliphatic carbocycles. The summed E-state index contributed by atoms with van der Waals surface area (Å²) in [6.07, 6.45) is 0. The summed E-state index contributed by atoms with van der Waals surface area (Å²) in [6, 6.07) is 24.2. The third-order valence-electron chi connectivity index (χ3n) is 6.06. The number of esters is 1. The number of ether oxygens (including phenoxy) is 1. The quantitative estimate of drug-likeness (QED) is 0.328. The number of carbonyl (C=O) groups excluding carboxylic acids is 2. The summed E-state index contributed by atoms with van der Waals surface area (Å²) in [4.78, 5) is 26.4. The van der Waals surface area contributed by atoms with Crippen molar-refractivity contribution in [2.24, 2.45) is 5.92 Å². The molecule has 0 aliphatic rings. The van der Waals surface area contributed by atoms with Crippen LogP contribution in [-0.4, -0.2) is 30.6 Å².